The van der Waals surface area contributed by atoms with E-state index in [4.69, 9.17) is 0 Å². The fourth-order valence-electron chi connectivity index (χ4n) is 5.45. The van der Waals surface area contributed by atoms with Crippen LogP contribution in [0.25, 0.3) is 0 Å². The van der Waals surface area contributed by atoms with Crippen molar-refractivity contribution < 1.29 is 13.2 Å². The minimum absolute atomic E-state index is 0.127. The molecule has 0 fully saturated rings. The molecule has 1 heterocycles. The molecule has 0 radical (unpaired) electrons. The van der Waals surface area contributed by atoms with Gasteiger partial charge in [-0.05, 0) is 59.8 Å². The van der Waals surface area contributed by atoms with Crippen LogP contribution in [0.5, 0.6) is 0 Å². The molecule has 236 valence electrons. The Bertz CT molecular complexity index is 1950. The molecule has 6 rings (SSSR count). The van der Waals surface area contributed by atoms with Crippen molar-refractivity contribution >= 4 is 33.6 Å². The number of imidazole rings is 1. The molecular formula is C38H34N4O3S2. The van der Waals surface area contributed by atoms with Gasteiger partial charge in [0.15, 0.2) is 0 Å². The Labute approximate surface area is 279 Å². The summed E-state index contributed by atoms with van der Waals surface area (Å²) in [5.41, 5.74) is 5.64. The number of aromatic nitrogens is 2. The summed E-state index contributed by atoms with van der Waals surface area (Å²) in [5.74, 6) is -0.378. The molecule has 0 atom stereocenters. The lowest BCUT2D eigenvalue weighted by Gasteiger charge is -2.35. The van der Waals surface area contributed by atoms with Crippen molar-refractivity contribution in [2.75, 3.05) is 11.3 Å². The van der Waals surface area contributed by atoms with E-state index >= 15 is 0 Å². The third-order valence-electron chi connectivity index (χ3n) is 7.81. The van der Waals surface area contributed by atoms with Crippen molar-refractivity contribution in [3.8, 4) is 0 Å². The molecule has 0 aliphatic carbocycles. The molecule has 0 saturated heterocycles. The highest BCUT2D eigenvalue weighted by atomic mass is 32.2. The van der Waals surface area contributed by atoms with Gasteiger partial charge in [-0.15, -0.1) is 0 Å². The topological polar surface area (TPSA) is 93.1 Å². The second-order valence-corrected chi connectivity index (χ2v) is 14.0. The van der Waals surface area contributed by atoms with Crippen molar-refractivity contribution in [1.82, 2.24) is 14.3 Å². The van der Waals surface area contributed by atoms with Crippen LogP contribution in [-0.4, -0.2) is 29.8 Å². The molecular weight excluding hydrogens is 625 g/mol. The van der Waals surface area contributed by atoms with Gasteiger partial charge in [0.25, 0.3) is 15.9 Å². The smallest absolute Gasteiger partial charge is 0.261 e. The Balaban J connectivity index is 1.18. The van der Waals surface area contributed by atoms with Crippen molar-refractivity contribution in [1.29, 1.82) is 0 Å². The summed E-state index contributed by atoms with van der Waals surface area (Å²) >= 11 is 1.66. The number of nitrogens with zero attached hydrogens (tertiary/aromatic N) is 2. The molecule has 5 aromatic carbocycles. The minimum Gasteiger partial charge on any atom is -0.352 e. The molecule has 6 aromatic rings. The van der Waals surface area contributed by atoms with E-state index in [0.717, 1.165) is 27.9 Å². The lowest BCUT2D eigenvalue weighted by Crippen LogP contribution is -2.27. The molecule has 0 aliphatic rings. The summed E-state index contributed by atoms with van der Waals surface area (Å²) in [6, 6.07) is 44.5. The van der Waals surface area contributed by atoms with Crippen LogP contribution in [0, 0.1) is 6.92 Å². The molecule has 1 amide bonds. The molecule has 0 saturated carbocycles. The standard InChI is InChI=1S/C38H34N4O3S2/c1-29-21-23-34(24-22-29)47(44,45)41-36-20-12-11-19-35(36)37(43)39-26-25-33-27-42(28-40-33)46-38(30-13-5-2-6-14-30,31-15-7-3-8-16-31)32-17-9-4-10-18-32/h2-24,27-28,41H,25-26H2,1H3,(H,39,43). The number of rotatable bonds is 12. The summed E-state index contributed by atoms with van der Waals surface area (Å²) in [5, 5.41) is 2.93. The van der Waals surface area contributed by atoms with Crippen molar-refractivity contribution in [2.24, 2.45) is 0 Å². The van der Waals surface area contributed by atoms with Gasteiger partial charge in [0.2, 0.25) is 0 Å². The van der Waals surface area contributed by atoms with Gasteiger partial charge in [-0.25, -0.2) is 13.4 Å². The second kappa shape index (κ2) is 14.1. The van der Waals surface area contributed by atoms with Gasteiger partial charge < -0.3 is 5.32 Å². The number of benzene rings is 5. The number of carbonyl (C=O) groups excluding carboxylic acids is 1. The number of carbonyl (C=O) groups is 1. The first-order valence-electron chi connectivity index (χ1n) is 15.2. The summed E-state index contributed by atoms with van der Waals surface area (Å²) in [6.45, 7) is 2.21. The first-order chi connectivity index (χ1) is 22.8. The monoisotopic (exact) mass is 658 g/mol. The van der Waals surface area contributed by atoms with Crippen LogP contribution >= 0.6 is 11.9 Å². The zero-order chi connectivity index (χ0) is 32.7. The summed E-state index contributed by atoms with van der Waals surface area (Å²) in [4.78, 5) is 18.0. The Kier molecular flexibility index (Phi) is 9.56. The lowest BCUT2D eigenvalue weighted by atomic mass is 9.84. The van der Waals surface area contributed by atoms with Gasteiger partial charge in [-0.2, -0.15) is 0 Å². The predicted octanol–water partition coefficient (Wildman–Crippen LogP) is 7.45. The van der Waals surface area contributed by atoms with Crippen LogP contribution in [-0.2, 0) is 21.2 Å². The van der Waals surface area contributed by atoms with Gasteiger partial charge in [0, 0.05) is 19.2 Å². The minimum atomic E-state index is -3.87. The number of hydrogen-bond donors (Lipinski definition) is 2. The van der Waals surface area contributed by atoms with Gasteiger partial charge in [0.05, 0.1) is 21.8 Å². The maximum absolute atomic E-state index is 13.2. The first kappa shape index (κ1) is 31.8. The molecule has 7 nitrogen and oxygen atoms in total. The van der Waals surface area contributed by atoms with E-state index in [2.05, 4.69) is 87.8 Å². The van der Waals surface area contributed by atoms with E-state index in [1.165, 1.54) is 0 Å². The average Bonchev–Trinajstić information content (AvgIpc) is 3.55. The van der Waals surface area contributed by atoms with Crippen molar-refractivity contribution in [3.05, 3.63) is 186 Å². The Morgan fingerprint density at radius 2 is 1.28 bits per heavy atom. The SMILES string of the molecule is Cc1ccc(S(=O)(=O)Nc2ccccc2C(=O)NCCc2cn(SC(c3ccccc3)(c3ccccc3)c3ccccc3)cn2)cc1. The number of para-hydroxylation sites is 1. The lowest BCUT2D eigenvalue weighted by molar-refractivity contribution is 0.0955. The van der Waals surface area contributed by atoms with Gasteiger partial charge in [-0.1, -0.05) is 121 Å². The maximum Gasteiger partial charge on any atom is 0.261 e. The van der Waals surface area contributed by atoms with Crippen LogP contribution in [0.1, 0.15) is 38.3 Å². The molecule has 47 heavy (non-hydrogen) atoms. The second-order valence-electron chi connectivity index (χ2n) is 11.1. The number of nitrogens with one attached hydrogen (secondary N) is 2. The Morgan fingerprint density at radius 1 is 0.745 bits per heavy atom. The number of anilines is 1. The van der Waals surface area contributed by atoms with Crippen molar-refractivity contribution in [2.45, 2.75) is 23.0 Å². The normalized spacial score (nSPS) is 11.6. The zero-order valence-corrected chi connectivity index (χ0v) is 27.4. The van der Waals surface area contributed by atoms with E-state index < -0.39 is 14.8 Å². The van der Waals surface area contributed by atoms with Gasteiger partial charge in [-0.3, -0.25) is 13.5 Å². The number of sulfonamides is 1. The van der Waals surface area contributed by atoms with Crippen LogP contribution < -0.4 is 10.0 Å². The van der Waals surface area contributed by atoms with Gasteiger partial charge >= 0.3 is 0 Å². The molecule has 0 spiro atoms. The van der Waals surface area contributed by atoms with Gasteiger partial charge in [0.1, 0.15) is 11.1 Å². The van der Waals surface area contributed by atoms with E-state index in [1.54, 1.807) is 66.8 Å². The molecule has 0 aliphatic heterocycles. The molecule has 1 aromatic heterocycles. The van der Waals surface area contributed by atoms with Crippen LogP contribution in [0.2, 0.25) is 0 Å². The van der Waals surface area contributed by atoms with E-state index in [9.17, 15) is 13.2 Å². The van der Waals surface area contributed by atoms with Crippen molar-refractivity contribution in [3.63, 3.8) is 0 Å². The highest BCUT2D eigenvalue weighted by Gasteiger charge is 2.38. The average molecular weight is 659 g/mol. The predicted molar refractivity (Wildman–Crippen MR) is 189 cm³/mol. The molecule has 0 unspecified atom stereocenters. The Hall–Kier alpha value is -5.12. The van der Waals surface area contributed by atoms with E-state index in [-0.39, 0.29) is 22.1 Å². The quantitative estimate of drug-likeness (QED) is 0.133. The third kappa shape index (κ3) is 7.16. The van der Waals surface area contributed by atoms with Crippen LogP contribution in [0.3, 0.4) is 0 Å². The first-order valence-corrected chi connectivity index (χ1v) is 17.5. The number of amides is 1. The summed E-state index contributed by atoms with van der Waals surface area (Å²) in [6.07, 6.45) is 4.29. The molecule has 0 bridgehead atoms. The van der Waals surface area contributed by atoms with E-state index in [0.29, 0.717) is 13.0 Å². The van der Waals surface area contributed by atoms with E-state index in [1.807, 2.05) is 35.3 Å². The number of hydrogen-bond acceptors (Lipinski definition) is 5. The highest BCUT2D eigenvalue weighted by molar-refractivity contribution is 7.99. The Morgan fingerprint density at radius 3 is 1.85 bits per heavy atom. The molecule has 9 heteroatoms. The summed E-state index contributed by atoms with van der Waals surface area (Å²) in [7, 11) is -3.87. The highest BCUT2D eigenvalue weighted by Crippen LogP contribution is 2.48. The summed E-state index contributed by atoms with van der Waals surface area (Å²) < 4.78 is 30.1. The molecule has 2 N–H and O–H groups in total. The fourth-order valence-corrected chi connectivity index (χ4v) is 7.84. The van der Waals surface area contributed by atoms with Crippen LogP contribution in [0.4, 0.5) is 5.69 Å². The zero-order valence-electron chi connectivity index (χ0n) is 25.8. The number of aryl methyl sites for hydroxylation is 1. The largest absolute Gasteiger partial charge is 0.352 e. The third-order valence-corrected chi connectivity index (χ3v) is 10.6. The fraction of sp³-hybridized carbons (Fsp3) is 0.105. The maximum atomic E-state index is 13.2. The van der Waals surface area contributed by atoms with Crippen LogP contribution in [0.15, 0.2) is 157 Å².